The van der Waals surface area contributed by atoms with E-state index in [2.05, 4.69) is 23.2 Å². The van der Waals surface area contributed by atoms with E-state index in [0.717, 1.165) is 54.7 Å². The molecular formula is C16H21N3OS. The van der Waals surface area contributed by atoms with Crippen LogP contribution in [0.25, 0.3) is 10.6 Å². The number of benzene rings is 1. The van der Waals surface area contributed by atoms with Crippen molar-refractivity contribution < 1.29 is 4.74 Å². The maximum Gasteiger partial charge on any atom is 0.124 e. The van der Waals surface area contributed by atoms with Gasteiger partial charge < -0.3 is 10.1 Å². The zero-order valence-electron chi connectivity index (χ0n) is 12.6. The minimum atomic E-state index is 0.879. The van der Waals surface area contributed by atoms with E-state index in [-0.39, 0.29) is 0 Å². The minimum absolute atomic E-state index is 0.879. The number of piperazine rings is 1. The van der Waals surface area contributed by atoms with Crippen molar-refractivity contribution in [2.45, 2.75) is 13.5 Å². The second-order valence-electron chi connectivity index (χ2n) is 5.29. The summed E-state index contributed by atoms with van der Waals surface area (Å²) in [7, 11) is 1.70. The maximum atomic E-state index is 5.30. The van der Waals surface area contributed by atoms with E-state index in [0.29, 0.717) is 0 Å². The standard InChI is InChI=1S/C16H21N3OS/c1-12-15(11-19-8-6-17-7-9-19)21-16(18-12)13-4-3-5-14(10-13)20-2/h3-5,10,17H,6-9,11H2,1-2H3. The largest absolute Gasteiger partial charge is 0.497 e. The molecule has 1 aliphatic rings. The van der Waals surface area contributed by atoms with Crippen LogP contribution in [-0.2, 0) is 6.54 Å². The highest BCUT2D eigenvalue weighted by atomic mass is 32.1. The predicted molar refractivity (Wildman–Crippen MR) is 87.0 cm³/mol. The summed E-state index contributed by atoms with van der Waals surface area (Å²) in [6.45, 7) is 7.52. The van der Waals surface area contributed by atoms with Crippen LogP contribution in [0.4, 0.5) is 0 Å². The Hall–Kier alpha value is -1.43. The van der Waals surface area contributed by atoms with Crippen LogP contribution in [0.1, 0.15) is 10.6 Å². The van der Waals surface area contributed by atoms with Gasteiger partial charge in [-0.1, -0.05) is 12.1 Å². The lowest BCUT2D eigenvalue weighted by atomic mass is 10.2. The number of rotatable bonds is 4. The Bertz CT molecular complexity index is 605. The van der Waals surface area contributed by atoms with Gasteiger partial charge in [0.05, 0.1) is 12.8 Å². The fourth-order valence-electron chi connectivity index (χ4n) is 2.53. The smallest absolute Gasteiger partial charge is 0.124 e. The second kappa shape index (κ2) is 6.56. The fourth-order valence-corrected chi connectivity index (χ4v) is 3.63. The summed E-state index contributed by atoms with van der Waals surface area (Å²) >= 11 is 1.80. The summed E-state index contributed by atoms with van der Waals surface area (Å²) in [5.74, 6) is 0.879. The van der Waals surface area contributed by atoms with E-state index in [1.165, 1.54) is 4.88 Å². The molecule has 1 aliphatic heterocycles. The maximum absolute atomic E-state index is 5.30. The number of hydrogen-bond donors (Lipinski definition) is 1. The van der Waals surface area contributed by atoms with Crippen LogP contribution >= 0.6 is 11.3 Å². The summed E-state index contributed by atoms with van der Waals surface area (Å²) in [6, 6.07) is 8.12. The van der Waals surface area contributed by atoms with Crippen LogP contribution < -0.4 is 10.1 Å². The van der Waals surface area contributed by atoms with Crippen molar-refractivity contribution in [1.82, 2.24) is 15.2 Å². The van der Waals surface area contributed by atoms with Crippen LogP contribution in [0.2, 0.25) is 0 Å². The molecule has 2 heterocycles. The molecule has 0 bridgehead atoms. The van der Waals surface area contributed by atoms with Crippen molar-refractivity contribution >= 4 is 11.3 Å². The molecule has 0 amide bonds. The average Bonchev–Trinajstić information content (AvgIpc) is 2.89. The van der Waals surface area contributed by atoms with E-state index in [4.69, 9.17) is 9.72 Å². The molecule has 21 heavy (non-hydrogen) atoms. The lowest BCUT2D eigenvalue weighted by molar-refractivity contribution is 0.234. The Balaban J connectivity index is 1.79. The molecule has 0 atom stereocenters. The Morgan fingerprint density at radius 1 is 1.33 bits per heavy atom. The molecule has 1 aromatic heterocycles. The molecule has 3 rings (SSSR count). The Kier molecular flexibility index (Phi) is 4.53. The molecule has 1 N–H and O–H groups in total. The van der Waals surface area contributed by atoms with E-state index in [1.807, 2.05) is 18.2 Å². The van der Waals surface area contributed by atoms with Gasteiger partial charge in [0.1, 0.15) is 10.8 Å². The molecule has 0 aliphatic carbocycles. The molecule has 0 radical (unpaired) electrons. The van der Waals surface area contributed by atoms with Gasteiger partial charge in [0.25, 0.3) is 0 Å². The Labute approximate surface area is 129 Å². The van der Waals surface area contributed by atoms with Crippen molar-refractivity contribution in [3.8, 4) is 16.3 Å². The van der Waals surface area contributed by atoms with Gasteiger partial charge in [0.2, 0.25) is 0 Å². The summed E-state index contributed by atoms with van der Waals surface area (Å²) in [5, 5.41) is 4.47. The normalized spacial score (nSPS) is 16.1. The lowest BCUT2D eigenvalue weighted by Crippen LogP contribution is -2.42. The molecule has 0 saturated carbocycles. The summed E-state index contributed by atoms with van der Waals surface area (Å²) in [5.41, 5.74) is 2.28. The van der Waals surface area contributed by atoms with Crippen molar-refractivity contribution in [1.29, 1.82) is 0 Å². The van der Waals surface area contributed by atoms with Crippen LogP contribution in [0.15, 0.2) is 24.3 Å². The number of thiazole rings is 1. The Morgan fingerprint density at radius 2 is 2.14 bits per heavy atom. The predicted octanol–water partition coefficient (Wildman–Crippen LogP) is 2.53. The van der Waals surface area contributed by atoms with Crippen molar-refractivity contribution in [3.63, 3.8) is 0 Å². The van der Waals surface area contributed by atoms with Gasteiger partial charge in [0.15, 0.2) is 0 Å². The van der Waals surface area contributed by atoms with Crippen molar-refractivity contribution in [2.24, 2.45) is 0 Å². The number of ether oxygens (including phenoxy) is 1. The first-order chi connectivity index (χ1) is 10.3. The number of hydrogen-bond acceptors (Lipinski definition) is 5. The molecule has 0 unspecified atom stereocenters. The molecule has 5 heteroatoms. The van der Waals surface area contributed by atoms with Gasteiger partial charge in [-0.05, 0) is 19.1 Å². The third-order valence-corrected chi connectivity index (χ3v) is 4.98. The van der Waals surface area contributed by atoms with Gasteiger partial charge >= 0.3 is 0 Å². The molecule has 1 aromatic carbocycles. The molecule has 1 fully saturated rings. The zero-order valence-corrected chi connectivity index (χ0v) is 13.4. The number of methoxy groups -OCH3 is 1. The van der Waals surface area contributed by atoms with Gasteiger partial charge in [-0.3, -0.25) is 4.90 Å². The summed E-state index contributed by atoms with van der Waals surface area (Å²) in [6.07, 6.45) is 0. The number of nitrogens with one attached hydrogen (secondary N) is 1. The molecule has 4 nitrogen and oxygen atoms in total. The van der Waals surface area contributed by atoms with Gasteiger partial charge in [-0.15, -0.1) is 11.3 Å². The van der Waals surface area contributed by atoms with Gasteiger partial charge in [0, 0.05) is 43.2 Å². The van der Waals surface area contributed by atoms with Crippen LogP contribution in [0, 0.1) is 6.92 Å². The van der Waals surface area contributed by atoms with Crippen LogP contribution in [-0.4, -0.2) is 43.2 Å². The molecule has 2 aromatic rings. The molecular weight excluding hydrogens is 282 g/mol. The number of aromatic nitrogens is 1. The number of aryl methyl sites for hydroxylation is 1. The van der Waals surface area contributed by atoms with E-state index < -0.39 is 0 Å². The molecule has 112 valence electrons. The quantitative estimate of drug-likeness (QED) is 0.942. The highest BCUT2D eigenvalue weighted by molar-refractivity contribution is 7.15. The van der Waals surface area contributed by atoms with Crippen molar-refractivity contribution in [2.75, 3.05) is 33.3 Å². The second-order valence-corrected chi connectivity index (χ2v) is 6.37. The fraction of sp³-hybridized carbons (Fsp3) is 0.438. The zero-order chi connectivity index (χ0) is 14.7. The van der Waals surface area contributed by atoms with E-state index in [9.17, 15) is 0 Å². The van der Waals surface area contributed by atoms with Crippen LogP contribution in [0.3, 0.4) is 0 Å². The Morgan fingerprint density at radius 3 is 2.90 bits per heavy atom. The summed E-state index contributed by atoms with van der Waals surface area (Å²) < 4.78 is 5.30. The van der Waals surface area contributed by atoms with E-state index in [1.54, 1.807) is 18.4 Å². The minimum Gasteiger partial charge on any atom is -0.497 e. The third kappa shape index (κ3) is 3.43. The molecule has 1 saturated heterocycles. The monoisotopic (exact) mass is 303 g/mol. The number of nitrogens with zero attached hydrogens (tertiary/aromatic N) is 2. The van der Waals surface area contributed by atoms with Crippen LogP contribution in [0.5, 0.6) is 5.75 Å². The first-order valence-electron chi connectivity index (χ1n) is 7.30. The van der Waals surface area contributed by atoms with Gasteiger partial charge in [-0.25, -0.2) is 4.98 Å². The highest BCUT2D eigenvalue weighted by Gasteiger charge is 2.15. The first-order valence-corrected chi connectivity index (χ1v) is 8.12. The van der Waals surface area contributed by atoms with E-state index >= 15 is 0 Å². The SMILES string of the molecule is COc1cccc(-c2nc(C)c(CN3CCNCC3)s2)c1. The highest BCUT2D eigenvalue weighted by Crippen LogP contribution is 2.30. The average molecular weight is 303 g/mol. The summed E-state index contributed by atoms with van der Waals surface area (Å²) in [4.78, 5) is 8.60. The molecule has 0 spiro atoms. The first kappa shape index (κ1) is 14.5. The van der Waals surface area contributed by atoms with Crippen molar-refractivity contribution in [3.05, 3.63) is 34.8 Å². The lowest BCUT2D eigenvalue weighted by Gasteiger charge is -2.26. The van der Waals surface area contributed by atoms with Gasteiger partial charge in [-0.2, -0.15) is 0 Å². The third-order valence-electron chi connectivity index (χ3n) is 3.79. The topological polar surface area (TPSA) is 37.4 Å².